The maximum atomic E-state index is 14.7. The second-order valence-electron chi connectivity index (χ2n) is 20.7. The summed E-state index contributed by atoms with van der Waals surface area (Å²) in [5, 5.41) is 11.6. The van der Waals surface area contributed by atoms with Crippen molar-refractivity contribution in [3.63, 3.8) is 0 Å². The van der Waals surface area contributed by atoms with Crippen molar-refractivity contribution in [2.45, 2.75) is 126 Å². The smallest absolute Gasteiger partial charge is 0.248 e. The second kappa shape index (κ2) is 31.3. The molecule has 0 saturated carbocycles. The number of benzene rings is 4. The molecule has 0 aliphatic carbocycles. The van der Waals surface area contributed by atoms with E-state index < -0.39 is 92.1 Å². The largest absolute Gasteiger partial charge is 0.363 e. The van der Waals surface area contributed by atoms with E-state index in [4.69, 9.17) is 9.47 Å². The second-order valence-corrected chi connectivity index (χ2v) is 24.6. The van der Waals surface area contributed by atoms with E-state index >= 15 is 0 Å². The molecule has 2 fully saturated rings. The number of ether oxygens (including phenoxy) is 2. The lowest BCUT2D eigenvalue weighted by Gasteiger charge is -2.34. The van der Waals surface area contributed by atoms with Gasteiger partial charge in [-0.25, -0.2) is 16.8 Å². The Balaban J connectivity index is 1.12. The lowest BCUT2D eigenvalue weighted by molar-refractivity contribution is -0.141. The summed E-state index contributed by atoms with van der Waals surface area (Å²) < 4.78 is 71.8. The Hall–Kier alpha value is -6.02. The summed E-state index contributed by atoms with van der Waals surface area (Å²) in [7, 11) is -4.37. The Kier molecular flexibility index (Phi) is 24.7. The molecule has 8 atom stereocenters. The summed E-state index contributed by atoms with van der Waals surface area (Å²) in [6.45, 7) is 7.71. The molecule has 80 heavy (non-hydrogen) atoms. The van der Waals surface area contributed by atoms with Crippen molar-refractivity contribution in [2.75, 3.05) is 66.6 Å². The molecule has 4 N–H and O–H groups in total. The molecule has 2 heterocycles. The molecule has 4 aromatic rings. The number of likely N-dealkylation sites (N-methyl/N-ethyl adjacent to an activating group) is 2. The highest BCUT2D eigenvalue weighted by Gasteiger charge is 2.41. The fourth-order valence-corrected chi connectivity index (χ4v) is 13.0. The predicted molar refractivity (Wildman–Crippen MR) is 311 cm³/mol. The number of likely N-dealkylation sites (tertiary alicyclic amines) is 2. The van der Waals surface area contributed by atoms with E-state index in [0.29, 0.717) is 62.7 Å². The molecule has 6 rings (SSSR count). The summed E-state index contributed by atoms with van der Waals surface area (Å²) in [4.78, 5) is 59.5. The number of hydrogen-bond donors (Lipinski definition) is 4. The SMILES string of the molecule is CN[C@@H](C)C(=O)N[C@H](C(=O)N1CCC[C@H]1CN(CCc1ccccc1)S(=O)(=O)Cc1ccccc1)[C@@H](C)OCC#CCO[C@H](C)[C@H](NC(=O)[C@H](C)NC)C(=O)N1CCC[C@H]1CN(CCc1ccccc1)S(=O)(=O)Cc1ccccc1. The highest BCUT2D eigenvalue weighted by molar-refractivity contribution is 7.88. The first-order valence-corrected chi connectivity index (χ1v) is 31.0. The standard InChI is InChI=1S/C60H82N8O10S2/c1-45(61-5)57(69)63-55(59(71)67-35-21-31-53(67)41-65(37-33-49-23-11-7-12-24-49)79(73,74)43-51-27-15-9-16-28-51)47(3)77-39-19-20-40-78-48(4)56(64-58(70)46(2)62-6)60(72)68-36-22-32-54(68)42-66(38-34-50-25-13-8-14-26-50)80(75,76)44-52-29-17-10-18-30-52/h7-18,23-30,45-48,53-56,61-62H,21-22,31-44H2,1-6H3,(H,63,69)(H,64,70)/t45-,46-,47+,48+,53-,54-,55-,56-/m0/s1. The van der Waals surface area contributed by atoms with Crippen molar-refractivity contribution in [3.8, 4) is 11.8 Å². The maximum absolute atomic E-state index is 14.7. The molecule has 20 heteroatoms. The number of amides is 4. The van der Waals surface area contributed by atoms with Crippen LogP contribution in [0, 0.1) is 11.8 Å². The van der Waals surface area contributed by atoms with E-state index in [1.807, 2.05) is 72.8 Å². The molecule has 0 radical (unpaired) electrons. The minimum atomic E-state index is -3.82. The maximum Gasteiger partial charge on any atom is 0.248 e. The lowest BCUT2D eigenvalue weighted by Crippen LogP contribution is -2.59. The minimum absolute atomic E-state index is 0.0804. The van der Waals surface area contributed by atoms with E-state index in [1.54, 1.807) is 100 Å². The first-order valence-electron chi connectivity index (χ1n) is 27.8. The number of nitrogens with one attached hydrogen (secondary N) is 4. The zero-order valence-electron chi connectivity index (χ0n) is 47.2. The number of carbonyl (C=O) groups excluding carboxylic acids is 4. The van der Waals surface area contributed by atoms with Crippen LogP contribution in [0.3, 0.4) is 0 Å². The quantitative estimate of drug-likeness (QED) is 0.0543. The molecule has 4 amide bonds. The van der Waals surface area contributed by atoms with Gasteiger partial charge in [0.05, 0.1) is 35.8 Å². The van der Waals surface area contributed by atoms with E-state index in [1.165, 1.54) is 8.61 Å². The van der Waals surface area contributed by atoms with Crippen LogP contribution in [0.1, 0.15) is 75.6 Å². The van der Waals surface area contributed by atoms with Gasteiger partial charge in [-0.1, -0.05) is 133 Å². The summed E-state index contributed by atoms with van der Waals surface area (Å²) >= 11 is 0. The van der Waals surface area contributed by atoms with Crippen LogP contribution in [0.2, 0.25) is 0 Å². The fourth-order valence-electron chi connectivity index (χ4n) is 9.92. The van der Waals surface area contributed by atoms with Crippen molar-refractivity contribution in [3.05, 3.63) is 144 Å². The third kappa shape index (κ3) is 18.8. The third-order valence-corrected chi connectivity index (χ3v) is 18.6. The molecule has 2 aliphatic rings. The van der Waals surface area contributed by atoms with Gasteiger partial charge >= 0.3 is 0 Å². The van der Waals surface area contributed by atoms with Gasteiger partial charge in [-0.15, -0.1) is 0 Å². The summed E-state index contributed by atoms with van der Waals surface area (Å²) in [5.74, 6) is 3.82. The van der Waals surface area contributed by atoms with Gasteiger partial charge < -0.3 is 40.5 Å². The molecule has 4 aromatic carbocycles. The molecule has 2 aliphatic heterocycles. The topological polar surface area (TPSA) is 216 Å². The molecular weight excluding hydrogens is 1060 g/mol. The van der Waals surface area contributed by atoms with Gasteiger partial charge in [-0.3, -0.25) is 19.2 Å². The number of nitrogens with zero attached hydrogens (tertiary/aromatic N) is 4. The van der Waals surface area contributed by atoms with Gasteiger partial charge in [-0.05, 0) is 103 Å². The minimum Gasteiger partial charge on any atom is -0.363 e. The summed E-state index contributed by atoms with van der Waals surface area (Å²) in [6.07, 6.45) is 1.65. The van der Waals surface area contributed by atoms with Gasteiger partial charge in [0.2, 0.25) is 43.7 Å². The number of rotatable bonds is 30. The number of hydrogen-bond acceptors (Lipinski definition) is 12. The molecule has 18 nitrogen and oxygen atoms in total. The zero-order chi connectivity index (χ0) is 57.7. The van der Waals surface area contributed by atoms with E-state index in [-0.39, 0.29) is 50.9 Å². The molecule has 0 bridgehead atoms. The van der Waals surface area contributed by atoms with Crippen LogP contribution >= 0.6 is 0 Å². The zero-order valence-corrected chi connectivity index (χ0v) is 48.8. The highest BCUT2D eigenvalue weighted by atomic mass is 32.2. The van der Waals surface area contributed by atoms with Gasteiger partial charge in [0.25, 0.3) is 0 Å². The van der Waals surface area contributed by atoms with Crippen LogP contribution in [0.15, 0.2) is 121 Å². The summed E-state index contributed by atoms with van der Waals surface area (Å²) in [5.41, 5.74) is 3.30. The number of carbonyl (C=O) groups is 4. The predicted octanol–water partition coefficient (Wildman–Crippen LogP) is 4.12. The molecule has 2 saturated heterocycles. The molecule has 0 aromatic heterocycles. The van der Waals surface area contributed by atoms with E-state index in [0.717, 1.165) is 11.1 Å². The van der Waals surface area contributed by atoms with Crippen LogP contribution < -0.4 is 21.3 Å². The monoisotopic (exact) mass is 1140 g/mol. The molecular formula is C60H82N8O10S2. The van der Waals surface area contributed by atoms with Crippen molar-refractivity contribution in [2.24, 2.45) is 0 Å². The average molecular weight is 1140 g/mol. The van der Waals surface area contributed by atoms with Crippen molar-refractivity contribution in [1.82, 2.24) is 39.7 Å². The van der Waals surface area contributed by atoms with E-state index in [9.17, 15) is 36.0 Å². The average Bonchev–Trinajstić information content (AvgIpc) is 4.16. The van der Waals surface area contributed by atoms with Gasteiger partial charge in [-0.2, -0.15) is 8.61 Å². The van der Waals surface area contributed by atoms with Gasteiger partial charge in [0, 0.05) is 51.4 Å². The highest BCUT2D eigenvalue weighted by Crippen LogP contribution is 2.26. The van der Waals surface area contributed by atoms with E-state index in [2.05, 4.69) is 33.1 Å². The van der Waals surface area contributed by atoms with Crippen molar-refractivity contribution in [1.29, 1.82) is 0 Å². The first kappa shape index (κ1) is 63.2. The normalized spacial score (nSPS) is 17.9. The molecule has 434 valence electrons. The number of sulfonamides is 2. The lowest BCUT2D eigenvalue weighted by atomic mass is 10.1. The molecule has 0 spiro atoms. The molecule has 0 unspecified atom stereocenters. The Morgan fingerprint density at radius 2 is 0.863 bits per heavy atom. The van der Waals surface area contributed by atoms with Gasteiger partial charge in [0.1, 0.15) is 25.3 Å². The Labute approximate surface area is 474 Å². The van der Waals surface area contributed by atoms with Crippen LogP contribution in [-0.2, 0) is 73.0 Å². The first-order chi connectivity index (χ1) is 38.4. The van der Waals surface area contributed by atoms with Gasteiger partial charge in [0.15, 0.2) is 0 Å². The van der Waals surface area contributed by atoms with Crippen LogP contribution in [0.25, 0.3) is 0 Å². The summed E-state index contributed by atoms with van der Waals surface area (Å²) in [6, 6.07) is 32.9. The fraction of sp³-hybridized carbons (Fsp3) is 0.500. The van der Waals surface area contributed by atoms with Crippen molar-refractivity contribution < 1.29 is 45.5 Å². The Bertz CT molecular complexity index is 2690. The Morgan fingerprint density at radius 1 is 0.537 bits per heavy atom. The third-order valence-electron chi connectivity index (χ3n) is 15.0. The van der Waals surface area contributed by atoms with Crippen LogP contribution in [-0.4, -0.2) is 174 Å². The van der Waals surface area contributed by atoms with Crippen LogP contribution in [0.5, 0.6) is 0 Å². The Morgan fingerprint density at radius 3 is 1.19 bits per heavy atom. The van der Waals surface area contributed by atoms with Crippen LogP contribution in [0.4, 0.5) is 0 Å². The van der Waals surface area contributed by atoms with Crippen molar-refractivity contribution >= 4 is 43.7 Å².